The molecular weight excluding hydrogens is 388 g/mol. The van der Waals surface area contributed by atoms with Gasteiger partial charge in [-0.1, -0.05) is 30.5 Å². The number of aryl methyl sites for hydroxylation is 2. The first kappa shape index (κ1) is 21.3. The van der Waals surface area contributed by atoms with Crippen molar-refractivity contribution in [2.75, 3.05) is 25.5 Å². The number of carbonyl (C=O) groups is 1. The van der Waals surface area contributed by atoms with E-state index in [9.17, 15) is 13.2 Å². The second-order valence-electron chi connectivity index (χ2n) is 7.45. The van der Waals surface area contributed by atoms with E-state index in [4.69, 9.17) is 4.74 Å². The summed E-state index contributed by atoms with van der Waals surface area (Å²) >= 11 is 0. The standard InChI is InChI=1S/C22H28N2O4S/c1-16-8-10-19(17(2)14-16)22(25)23-20-15-18(9-11-21(20)28-3)29(26,27)24-12-6-4-5-7-13-24/h8-11,14-15H,4-7,12-13H2,1-3H3,(H,23,25). The molecule has 1 fully saturated rings. The van der Waals surface area contributed by atoms with Gasteiger partial charge < -0.3 is 10.1 Å². The highest BCUT2D eigenvalue weighted by Crippen LogP contribution is 2.30. The zero-order chi connectivity index (χ0) is 21.0. The first-order chi connectivity index (χ1) is 13.8. The van der Waals surface area contributed by atoms with Crippen LogP contribution in [0.4, 0.5) is 5.69 Å². The summed E-state index contributed by atoms with van der Waals surface area (Å²) in [7, 11) is -2.13. The van der Waals surface area contributed by atoms with Crippen LogP contribution < -0.4 is 10.1 Å². The summed E-state index contributed by atoms with van der Waals surface area (Å²) in [5, 5.41) is 2.82. The summed E-state index contributed by atoms with van der Waals surface area (Å²) in [6, 6.07) is 10.2. The first-order valence-electron chi connectivity index (χ1n) is 9.90. The summed E-state index contributed by atoms with van der Waals surface area (Å²) in [6.07, 6.45) is 3.83. The van der Waals surface area contributed by atoms with Crippen LogP contribution in [0.25, 0.3) is 0 Å². The van der Waals surface area contributed by atoms with Crippen LogP contribution in [0.3, 0.4) is 0 Å². The zero-order valence-electron chi connectivity index (χ0n) is 17.2. The van der Waals surface area contributed by atoms with Gasteiger partial charge in [-0.05, 0) is 56.5 Å². The average molecular weight is 417 g/mol. The summed E-state index contributed by atoms with van der Waals surface area (Å²) in [6.45, 7) is 4.89. The molecule has 0 spiro atoms. The molecule has 2 aromatic carbocycles. The number of nitrogens with one attached hydrogen (secondary N) is 1. The van der Waals surface area contributed by atoms with Crippen LogP contribution >= 0.6 is 0 Å². The highest BCUT2D eigenvalue weighted by Gasteiger charge is 2.26. The molecule has 1 aliphatic rings. The van der Waals surface area contributed by atoms with Gasteiger partial charge in [-0.15, -0.1) is 0 Å². The fourth-order valence-corrected chi connectivity index (χ4v) is 5.18. The monoisotopic (exact) mass is 416 g/mol. The largest absolute Gasteiger partial charge is 0.495 e. The van der Waals surface area contributed by atoms with E-state index in [2.05, 4.69) is 5.32 Å². The molecule has 1 heterocycles. The van der Waals surface area contributed by atoms with Crippen molar-refractivity contribution in [1.29, 1.82) is 0 Å². The van der Waals surface area contributed by atoms with Gasteiger partial charge in [-0.3, -0.25) is 4.79 Å². The Kier molecular flexibility index (Phi) is 6.59. The van der Waals surface area contributed by atoms with Gasteiger partial charge >= 0.3 is 0 Å². The van der Waals surface area contributed by atoms with Gasteiger partial charge in [0.1, 0.15) is 5.75 Å². The van der Waals surface area contributed by atoms with Gasteiger partial charge in [-0.25, -0.2) is 8.42 Å². The molecule has 3 rings (SSSR count). The number of hydrogen-bond donors (Lipinski definition) is 1. The van der Waals surface area contributed by atoms with Gasteiger partial charge in [0.2, 0.25) is 10.0 Å². The molecule has 0 radical (unpaired) electrons. The number of benzene rings is 2. The molecule has 1 N–H and O–H groups in total. The number of nitrogens with zero attached hydrogens (tertiary/aromatic N) is 1. The lowest BCUT2D eigenvalue weighted by Crippen LogP contribution is -2.32. The molecule has 7 heteroatoms. The highest BCUT2D eigenvalue weighted by atomic mass is 32.2. The normalized spacial score (nSPS) is 15.6. The second kappa shape index (κ2) is 8.97. The maximum absolute atomic E-state index is 13.1. The van der Waals surface area contributed by atoms with E-state index in [1.54, 1.807) is 12.1 Å². The minimum atomic E-state index is -3.62. The Morgan fingerprint density at radius 1 is 1.00 bits per heavy atom. The average Bonchev–Trinajstić information content (AvgIpc) is 2.98. The van der Waals surface area contributed by atoms with Crippen molar-refractivity contribution in [3.05, 3.63) is 53.1 Å². The molecule has 0 atom stereocenters. The molecule has 29 heavy (non-hydrogen) atoms. The molecule has 156 valence electrons. The van der Waals surface area contributed by atoms with Crippen molar-refractivity contribution in [1.82, 2.24) is 4.31 Å². The lowest BCUT2D eigenvalue weighted by atomic mass is 10.1. The van der Waals surface area contributed by atoms with Crippen LogP contribution in [-0.2, 0) is 10.0 Å². The van der Waals surface area contributed by atoms with Gasteiger partial charge in [-0.2, -0.15) is 4.31 Å². The van der Waals surface area contributed by atoms with E-state index in [1.165, 1.54) is 23.5 Å². The van der Waals surface area contributed by atoms with Gasteiger partial charge in [0.05, 0.1) is 17.7 Å². The zero-order valence-corrected chi connectivity index (χ0v) is 18.0. The lowest BCUT2D eigenvalue weighted by Gasteiger charge is -2.21. The Balaban J connectivity index is 1.91. The molecule has 1 amide bonds. The van der Waals surface area contributed by atoms with Gasteiger partial charge in [0.15, 0.2) is 0 Å². The van der Waals surface area contributed by atoms with E-state index in [-0.39, 0.29) is 10.8 Å². The summed E-state index contributed by atoms with van der Waals surface area (Å²) in [5.74, 6) is 0.114. The quantitative estimate of drug-likeness (QED) is 0.795. The SMILES string of the molecule is COc1ccc(S(=O)(=O)N2CCCCCC2)cc1NC(=O)c1ccc(C)cc1C. The Hall–Kier alpha value is -2.38. The third-order valence-electron chi connectivity index (χ3n) is 5.25. The Labute approximate surface area is 172 Å². The van der Waals surface area contributed by atoms with Gasteiger partial charge in [0.25, 0.3) is 5.91 Å². The van der Waals surface area contributed by atoms with Crippen molar-refractivity contribution in [2.24, 2.45) is 0 Å². The van der Waals surface area contributed by atoms with Crippen molar-refractivity contribution >= 4 is 21.6 Å². The molecule has 0 aromatic heterocycles. The van der Waals surface area contributed by atoms with Crippen LogP contribution in [-0.4, -0.2) is 38.8 Å². The third kappa shape index (κ3) is 4.79. The van der Waals surface area contributed by atoms with Crippen molar-refractivity contribution < 1.29 is 17.9 Å². The predicted octanol–water partition coefficient (Wildman–Crippen LogP) is 4.13. The molecule has 0 bridgehead atoms. The third-order valence-corrected chi connectivity index (χ3v) is 7.14. The Morgan fingerprint density at radius 3 is 2.31 bits per heavy atom. The van der Waals surface area contributed by atoms with Crippen molar-refractivity contribution in [3.63, 3.8) is 0 Å². The number of methoxy groups -OCH3 is 1. The van der Waals surface area contributed by atoms with Crippen LogP contribution in [0.15, 0.2) is 41.3 Å². The summed E-state index contributed by atoms with van der Waals surface area (Å²) in [5.41, 5.74) is 2.81. The maximum atomic E-state index is 13.1. The van der Waals surface area contributed by atoms with E-state index in [1.807, 2.05) is 26.0 Å². The molecule has 6 nitrogen and oxygen atoms in total. The molecule has 0 aliphatic carbocycles. The number of sulfonamides is 1. The van der Waals surface area contributed by atoms with Crippen LogP contribution in [0.5, 0.6) is 5.75 Å². The Morgan fingerprint density at radius 2 is 1.69 bits per heavy atom. The molecule has 0 unspecified atom stereocenters. The first-order valence-corrected chi connectivity index (χ1v) is 11.3. The number of rotatable bonds is 5. The van der Waals surface area contributed by atoms with Gasteiger partial charge in [0, 0.05) is 18.7 Å². The van der Waals surface area contributed by atoms with Crippen LogP contribution in [0.1, 0.15) is 47.2 Å². The highest BCUT2D eigenvalue weighted by molar-refractivity contribution is 7.89. The van der Waals surface area contributed by atoms with E-state index < -0.39 is 10.0 Å². The molecule has 1 aliphatic heterocycles. The Bertz CT molecular complexity index is 994. The van der Waals surface area contributed by atoms with Crippen LogP contribution in [0, 0.1) is 13.8 Å². The minimum absolute atomic E-state index is 0.163. The summed E-state index contributed by atoms with van der Waals surface area (Å²) < 4.78 is 33.1. The number of amides is 1. The van der Waals surface area contributed by atoms with Crippen molar-refractivity contribution in [2.45, 2.75) is 44.4 Å². The van der Waals surface area contributed by atoms with E-state index in [0.717, 1.165) is 36.8 Å². The number of anilines is 1. The van der Waals surface area contributed by atoms with E-state index in [0.29, 0.717) is 30.1 Å². The lowest BCUT2D eigenvalue weighted by molar-refractivity contribution is 0.102. The molecule has 1 saturated heterocycles. The van der Waals surface area contributed by atoms with Crippen molar-refractivity contribution in [3.8, 4) is 5.75 Å². The second-order valence-corrected chi connectivity index (χ2v) is 9.39. The molecule has 2 aromatic rings. The van der Waals surface area contributed by atoms with Crippen LogP contribution in [0.2, 0.25) is 0 Å². The smallest absolute Gasteiger partial charge is 0.256 e. The predicted molar refractivity (Wildman–Crippen MR) is 114 cm³/mol. The molecular formula is C22H28N2O4S. The van der Waals surface area contributed by atoms with E-state index >= 15 is 0 Å². The maximum Gasteiger partial charge on any atom is 0.256 e. The summed E-state index contributed by atoms with van der Waals surface area (Å²) in [4.78, 5) is 13.0. The fourth-order valence-electron chi connectivity index (χ4n) is 3.63. The molecule has 0 saturated carbocycles. The topological polar surface area (TPSA) is 75.7 Å². The minimum Gasteiger partial charge on any atom is -0.495 e. The fraction of sp³-hybridized carbons (Fsp3) is 0.409. The number of carbonyl (C=O) groups excluding carboxylic acids is 1. The number of ether oxygens (including phenoxy) is 1. The number of hydrogen-bond acceptors (Lipinski definition) is 4.